The Balaban J connectivity index is 2.40. The molecule has 10 heavy (non-hydrogen) atoms. The zero-order chi connectivity index (χ0) is 7.61. The van der Waals surface area contributed by atoms with Crippen LogP contribution in [-0.4, -0.2) is 6.04 Å². The first-order valence-electron chi connectivity index (χ1n) is 4.00. The van der Waals surface area contributed by atoms with E-state index in [-0.39, 0.29) is 0 Å². The van der Waals surface area contributed by atoms with Gasteiger partial charge in [0.1, 0.15) is 0 Å². The third kappa shape index (κ3) is 2.38. The quantitative estimate of drug-likeness (QED) is 0.559. The highest BCUT2D eigenvalue weighted by Gasteiger charge is 2.26. The summed E-state index contributed by atoms with van der Waals surface area (Å²) in [7, 11) is 0. The van der Waals surface area contributed by atoms with Crippen molar-refractivity contribution in [2.45, 2.75) is 45.6 Å². The Hall–Kier alpha value is 0.690. The molecule has 60 valence electrons. The molecule has 0 aromatic heterocycles. The molecular weight excluding hydrogens is 237 g/mol. The van der Waals surface area contributed by atoms with Gasteiger partial charge in [0.2, 0.25) is 0 Å². The van der Waals surface area contributed by atoms with Crippen LogP contribution in [0.1, 0.15) is 39.5 Å². The van der Waals surface area contributed by atoms with Crippen LogP contribution in [-0.2, 0) is 0 Å². The summed E-state index contributed by atoms with van der Waals surface area (Å²) in [4.78, 5) is 0. The van der Waals surface area contributed by atoms with Crippen molar-refractivity contribution in [3.8, 4) is 0 Å². The van der Waals surface area contributed by atoms with Crippen molar-refractivity contribution in [3.63, 3.8) is 0 Å². The van der Waals surface area contributed by atoms with Crippen LogP contribution >= 0.6 is 22.9 Å². The summed E-state index contributed by atoms with van der Waals surface area (Å²) in [6.45, 7) is 4.74. The Labute approximate surface area is 77.5 Å². The van der Waals surface area contributed by atoms with E-state index in [0.29, 0.717) is 5.41 Å². The molecule has 0 bridgehead atoms. The Kier molecular flexibility index (Phi) is 2.98. The van der Waals surface area contributed by atoms with Gasteiger partial charge < -0.3 is 0 Å². The summed E-state index contributed by atoms with van der Waals surface area (Å²) in [5.74, 6) is 0. The maximum atomic E-state index is 3.33. The molecule has 0 spiro atoms. The standard InChI is InChI=1S/C8H16IN/c1-8(2)5-3-4-7(6-8)10-9/h7,10H,3-6H2,1-2H3. The molecule has 1 aliphatic carbocycles. The number of nitrogens with one attached hydrogen (secondary N) is 1. The molecule has 0 heterocycles. The van der Waals surface area contributed by atoms with Gasteiger partial charge in [0, 0.05) is 28.9 Å². The maximum Gasteiger partial charge on any atom is 0.0172 e. The van der Waals surface area contributed by atoms with Crippen LogP contribution in [0, 0.1) is 5.41 Å². The number of hydrogen-bond donors (Lipinski definition) is 1. The highest BCUT2D eigenvalue weighted by atomic mass is 127. The molecule has 1 saturated carbocycles. The molecule has 0 aliphatic heterocycles. The second kappa shape index (κ2) is 3.39. The molecule has 1 nitrogen and oxygen atoms in total. The lowest BCUT2D eigenvalue weighted by Crippen LogP contribution is -2.32. The molecule has 1 rings (SSSR count). The number of rotatable bonds is 1. The number of hydrogen-bond acceptors (Lipinski definition) is 1. The van der Waals surface area contributed by atoms with Gasteiger partial charge in [-0.3, -0.25) is 3.53 Å². The molecule has 0 amide bonds. The molecule has 0 saturated heterocycles. The second-order valence-corrected chi connectivity index (χ2v) is 4.69. The lowest BCUT2D eigenvalue weighted by atomic mass is 9.75. The average Bonchev–Trinajstić information content (AvgIpc) is 1.86. The van der Waals surface area contributed by atoms with Gasteiger partial charge in [0.25, 0.3) is 0 Å². The summed E-state index contributed by atoms with van der Waals surface area (Å²) >= 11 is 2.27. The van der Waals surface area contributed by atoms with Gasteiger partial charge in [-0.15, -0.1) is 0 Å². The van der Waals surface area contributed by atoms with Crippen molar-refractivity contribution in [1.29, 1.82) is 0 Å². The van der Waals surface area contributed by atoms with E-state index in [2.05, 4.69) is 40.2 Å². The lowest BCUT2D eigenvalue weighted by molar-refractivity contribution is 0.216. The van der Waals surface area contributed by atoms with Crippen LogP contribution in [0.15, 0.2) is 0 Å². The molecule has 2 heteroatoms. The molecule has 0 radical (unpaired) electrons. The minimum atomic E-state index is 0.584. The Morgan fingerprint density at radius 1 is 1.50 bits per heavy atom. The molecule has 0 aromatic carbocycles. The lowest BCUT2D eigenvalue weighted by Gasteiger charge is -2.34. The van der Waals surface area contributed by atoms with E-state index >= 15 is 0 Å². The second-order valence-electron chi connectivity index (χ2n) is 4.07. The molecule has 1 fully saturated rings. The summed E-state index contributed by atoms with van der Waals surface area (Å²) in [5, 5.41) is 0. The van der Waals surface area contributed by atoms with Gasteiger partial charge in [-0.1, -0.05) is 20.3 Å². The van der Waals surface area contributed by atoms with Crippen LogP contribution in [0.3, 0.4) is 0 Å². The molecule has 1 unspecified atom stereocenters. The topological polar surface area (TPSA) is 12.0 Å². The third-order valence-electron chi connectivity index (χ3n) is 2.36. The van der Waals surface area contributed by atoms with Crippen molar-refractivity contribution >= 4 is 22.9 Å². The van der Waals surface area contributed by atoms with Crippen molar-refractivity contribution in [3.05, 3.63) is 0 Å². The van der Waals surface area contributed by atoms with E-state index in [1.54, 1.807) is 0 Å². The van der Waals surface area contributed by atoms with E-state index in [1.807, 2.05) is 0 Å². The maximum absolute atomic E-state index is 3.33. The van der Waals surface area contributed by atoms with Gasteiger partial charge in [-0.25, -0.2) is 0 Å². The largest absolute Gasteiger partial charge is 0.258 e. The normalized spacial score (nSPS) is 32.1. The van der Waals surface area contributed by atoms with Crippen molar-refractivity contribution in [1.82, 2.24) is 3.53 Å². The Bertz CT molecular complexity index is 112. The van der Waals surface area contributed by atoms with Gasteiger partial charge in [-0.2, -0.15) is 0 Å². The first-order chi connectivity index (χ1) is 4.64. The summed E-state index contributed by atoms with van der Waals surface area (Å²) in [5.41, 5.74) is 0.584. The van der Waals surface area contributed by atoms with Gasteiger partial charge in [-0.05, 0) is 24.7 Å². The fourth-order valence-corrected chi connectivity index (χ4v) is 2.32. The van der Waals surface area contributed by atoms with E-state index in [9.17, 15) is 0 Å². The zero-order valence-electron chi connectivity index (χ0n) is 6.78. The highest BCUT2D eigenvalue weighted by Crippen LogP contribution is 2.35. The monoisotopic (exact) mass is 253 g/mol. The molecule has 1 atom stereocenters. The molecule has 1 N–H and O–H groups in total. The number of halogens is 1. The minimum Gasteiger partial charge on any atom is -0.258 e. The van der Waals surface area contributed by atoms with Crippen LogP contribution in [0.25, 0.3) is 0 Å². The Morgan fingerprint density at radius 3 is 2.60 bits per heavy atom. The molecular formula is C8H16IN. The van der Waals surface area contributed by atoms with Crippen LogP contribution in [0.4, 0.5) is 0 Å². The first kappa shape index (κ1) is 8.78. The summed E-state index contributed by atoms with van der Waals surface area (Å²) in [6, 6.07) is 0.768. The highest BCUT2D eigenvalue weighted by molar-refractivity contribution is 14.1. The van der Waals surface area contributed by atoms with Crippen molar-refractivity contribution in [2.24, 2.45) is 5.41 Å². The van der Waals surface area contributed by atoms with Gasteiger partial charge in [0.15, 0.2) is 0 Å². The van der Waals surface area contributed by atoms with E-state index < -0.39 is 0 Å². The van der Waals surface area contributed by atoms with E-state index in [4.69, 9.17) is 0 Å². The summed E-state index contributed by atoms with van der Waals surface area (Å²) < 4.78 is 3.33. The van der Waals surface area contributed by atoms with Gasteiger partial charge >= 0.3 is 0 Å². The van der Waals surface area contributed by atoms with Crippen LogP contribution in [0.2, 0.25) is 0 Å². The van der Waals surface area contributed by atoms with Crippen molar-refractivity contribution < 1.29 is 0 Å². The van der Waals surface area contributed by atoms with E-state index in [0.717, 1.165) is 6.04 Å². The van der Waals surface area contributed by atoms with Crippen LogP contribution in [0.5, 0.6) is 0 Å². The minimum absolute atomic E-state index is 0.584. The zero-order valence-corrected chi connectivity index (χ0v) is 8.94. The predicted octanol–water partition coefficient (Wildman–Crippen LogP) is 2.89. The fourth-order valence-electron chi connectivity index (χ4n) is 1.79. The smallest absolute Gasteiger partial charge is 0.0172 e. The van der Waals surface area contributed by atoms with Crippen LogP contribution < -0.4 is 3.53 Å². The van der Waals surface area contributed by atoms with Gasteiger partial charge in [0.05, 0.1) is 0 Å². The molecule has 1 aliphatic rings. The molecule has 0 aromatic rings. The average molecular weight is 253 g/mol. The predicted molar refractivity (Wildman–Crippen MR) is 53.2 cm³/mol. The fraction of sp³-hybridized carbons (Fsp3) is 1.00. The first-order valence-corrected chi connectivity index (χ1v) is 5.08. The Morgan fingerprint density at radius 2 is 2.20 bits per heavy atom. The third-order valence-corrected chi connectivity index (χ3v) is 3.24. The van der Waals surface area contributed by atoms with Crippen molar-refractivity contribution in [2.75, 3.05) is 0 Å². The summed E-state index contributed by atoms with van der Waals surface area (Å²) in [6.07, 6.45) is 5.51. The van der Waals surface area contributed by atoms with E-state index in [1.165, 1.54) is 25.7 Å². The SMILES string of the molecule is CC1(C)CCCC(NI)C1.